The van der Waals surface area contributed by atoms with Crippen LogP contribution in [0.5, 0.6) is 0 Å². The summed E-state index contributed by atoms with van der Waals surface area (Å²) >= 11 is 6.37. The Labute approximate surface area is 176 Å². The second kappa shape index (κ2) is 8.42. The molecule has 1 heterocycles. The summed E-state index contributed by atoms with van der Waals surface area (Å²) in [7, 11) is 0. The second-order valence-electron chi connectivity index (χ2n) is 6.20. The van der Waals surface area contributed by atoms with Gasteiger partial charge in [0.25, 0.3) is 5.91 Å². The van der Waals surface area contributed by atoms with E-state index in [1.54, 1.807) is 6.08 Å². The van der Waals surface area contributed by atoms with Crippen molar-refractivity contribution in [2.75, 3.05) is 4.90 Å². The van der Waals surface area contributed by atoms with Crippen molar-refractivity contribution in [3.05, 3.63) is 81.8 Å². The van der Waals surface area contributed by atoms with Crippen LogP contribution < -0.4 is 4.90 Å². The molecule has 8 heteroatoms. The average molecular weight is 425 g/mol. The first kappa shape index (κ1) is 20.5. The molecule has 2 N–H and O–H groups in total. The highest BCUT2D eigenvalue weighted by molar-refractivity contribution is 8.27. The Morgan fingerprint density at radius 3 is 2.17 bits per heavy atom. The zero-order valence-electron chi connectivity index (χ0n) is 15.2. The van der Waals surface area contributed by atoms with Gasteiger partial charge < -0.3 is 10.2 Å². The summed E-state index contributed by atoms with van der Waals surface area (Å²) in [6.45, 7) is 1.85. The van der Waals surface area contributed by atoms with E-state index in [-0.39, 0.29) is 21.1 Å². The Kier molecular flexibility index (Phi) is 5.95. The molecule has 6 nitrogen and oxygen atoms in total. The van der Waals surface area contributed by atoms with E-state index in [1.165, 1.54) is 12.1 Å². The van der Waals surface area contributed by atoms with E-state index in [1.807, 2.05) is 43.3 Å². The molecule has 2 aromatic carbocycles. The van der Waals surface area contributed by atoms with Crippen LogP contribution >= 0.6 is 24.0 Å². The summed E-state index contributed by atoms with van der Waals surface area (Å²) < 4.78 is 0.202. The van der Waals surface area contributed by atoms with Crippen LogP contribution in [0.1, 0.15) is 33.2 Å². The van der Waals surface area contributed by atoms with Crippen molar-refractivity contribution < 1.29 is 24.6 Å². The molecule has 146 valence electrons. The van der Waals surface area contributed by atoms with E-state index < -0.39 is 17.8 Å². The SMILES string of the molecule is CC(=C/c1ccccc1)/C=C1\SC(=S)N(c2cc(C(=O)O)cc(C(=O)O)c2)C1=O. The molecule has 0 saturated carbocycles. The third kappa shape index (κ3) is 4.61. The lowest BCUT2D eigenvalue weighted by atomic mass is 10.1. The van der Waals surface area contributed by atoms with Crippen molar-refractivity contribution in [1.29, 1.82) is 0 Å². The minimum absolute atomic E-state index is 0.109. The summed E-state index contributed by atoms with van der Waals surface area (Å²) in [5.41, 5.74) is 1.45. The minimum Gasteiger partial charge on any atom is -0.478 e. The Balaban J connectivity index is 1.96. The van der Waals surface area contributed by atoms with Crippen LogP contribution in [0.3, 0.4) is 0 Å². The zero-order chi connectivity index (χ0) is 21.1. The van der Waals surface area contributed by atoms with Crippen LogP contribution in [0.4, 0.5) is 5.69 Å². The number of thiocarbonyl (C=S) groups is 1. The van der Waals surface area contributed by atoms with Crippen LogP contribution in [-0.2, 0) is 4.79 Å². The van der Waals surface area contributed by atoms with E-state index in [9.17, 15) is 24.6 Å². The lowest BCUT2D eigenvalue weighted by Crippen LogP contribution is -2.28. The van der Waals surface area contributed by atoms with E-state index >= 15 is 0 Å². The Morgan fingerprint density at radius 1 is 1.03 bits per heavy atom. The summed E-state index contributed by atoms with van der Waals surface area (Å²) in [4.78, 5) is 37.1. The van der Waals surface area contributed by atoms with Gasteiger partial charge in [-0.05, 0) is 42.3 Å². The van der Waals surface area contributed by atoms with Gasteiger partial charge in [0.15, 0.2) is 4.32 Å². The number of amides is 1. The van der Waals surface area contributed by atoms with Crippen molar-refractivity contribution in [3.63, 3.8) is 0 Å². The number of carbonyl (C=O) groups is 3. The third-order valence-electron chi connectivity index (χ3n) is 4.02. The first-order valence-electron chi connectivity index (χ1n) is 8.39. The molecular formula is C21H15NO5S2. The van der Waals surface area contributed by atoms with Gasteiger partial charge in [0.2, 0.25) is 0 Å². The average Bonchev–Trinajstić information content (AvgIpc) is 2.95. The number of hydrogen-bond acceptors (Lipinski definition) is 5. The number of carbonyl (C=O) groups excluding carboxylic acids is 1. The number of aromatic carboxylic acids is 2. The predicted octanol–water partition coefficient (Wildman–Crippen LogP) is 4.44. The van der Waals surface area contributed by atoms with Crippen molar-refractivity contribution in [2.45, 2.75) is 6.92 Å². The van der Waals surface area contributed by atoms with E-state index in [0.717, 1.165) is 33.9 Å². The number of carboxylic acid groups (broad SMARTS) is 2. The standard InChI is InChI=1S/C21H15NO5S2/c1-12(7-13-5-3-2-4-6-13)8-17-18(23)22(21(28)29-17)16-10-14(19(24)25)9-15(11-16)20(26)27/h2-11H,1H3,(H,24,25)(H,26,27)/b12-7-,17-8-. The molecule has 1 amide bonds. The molecule has 0 bridgehead atoms. The number of allylic oxidation sites excluding steroid dienone is 2. The van der Waals surface area contributed by atoms with Gasteiger partial charge in [0.1, 0.15) is 0 Å². The van der Waals surface area contributed by atoms with E-state index in [2.05, 4.69) is 0 Å². The molecule has 0 atom stereocenters. The quantitative estimate of drug-likeness (QED) is 0.540. The zero-order valence-corrected chi connectivity index (χ0v) is 16.8. The summed E-state index contributed by atoms with van der Waals surface area (Å²) in [5, 5.41) is 18.5. The Hall–Kier alpha value is -3.23. The number of benzene rings is 2. The highest BCUT2D eigenvalue weighted by Crippen LogP contribution is 2.36. The van der Waals surface area contributed by atoms with Gasteiger partial charge in [-0.1, -0.05) is 60.4 Å². The minimum atomic E-state index is -1.29. The maximum Gasteiger partial charge on any atom is 0.335 e. The van der Waals surface area contributed by atoms with Gasteiger partial charge in [-0.25, -0.2) is 9.59 Å². The highest BCUT2D eigenvalue weighted by atomic mass is 32.2. The summed E-state index contributed by atoms with van der Waals surface area (Å²) in [6, 6.07) is 13.1. The first-order chi connectivity index (χ1) is 13.8. The van der Waals surface area contributed by atoms with Gasteiger partial charge in [-0.3, -0.25) is 9.69 Å². The van der Waals surface area contributed by atoms with Crippen molar-refractivity contribution in [1.82, 2.24) is 0 Å². The number of nitrogens with zero attached hydrogens (tertiary/aromatic N) is 1. The van der Waals surface area contributed by atoms with E-state index in [4.69, 9.17) is 12.2 Å². The Morgan fingerprint density at radius 2 is 1.62 bits per heavy atom. The van der Waals surface area contributed by atoms with E-state index in [0.29, 0.717) is 4.91 Å². The molecule has 0 radical (unpaired) electrons. The molecule has 1 saturated heterocycles. The molecule has 1 aliphatic rings. The van der Waals surface area contributed by atoms with Crippen LogP contribution in [0, 0.1) is 0 Å². The van der Waals surface area contributed by atoms with Crippen LogP contribution in [0.15, 0.2) is 65.1 Å². The van der Waals surface area contributed by atoms with Gasteiger partial charge in [0.05, 0.1) is 21.7 Å². The van der Waals surface area contributed by atoms with Crippen molar-refractivity contribution in [2.24, 2.45) is 0 Å². The number of carboxylic acids is 2. The number of rotatable bonds is 5. The predicted molar refractivity (Wildman–Crippen MR) is 116 cm³/mol. The molecule has 0 aromatic heterocycles. The lowest BCUT2D eigenvalue weighted by molar-refractivity contribution is -0.113. The molecule has 0 spiro atoms. The Bertz CT molecular complexity index is 1060. The topological polar surface area (TPSA) is 94.9 Å². The van der Waals surface area contributed by atoms with Crippen LogP contribution in [0.25, 0.3) is 6.08 Å². The largest absolute Gasteiger partial charge is 0.478 e. The van der Waals surface area contributed by atoms with Crippen molar-refractivity contribution in [3.8, 4) is 0 Å². The third-order valence-corrected chi connectivity index (χ3v) is 5.32. The second-order valence-corrected chi connectivity index (χ2v) is 7.87. The monoisotopic (exact) mass is 425 g/mol. The number of anilines is 1. The number of thioether (sulfide) groups is 1. The smallest absolute Gasteiger partial charge is 0.335 e. The van der Waals surface area contributed by atoms with Gasteiger partial charge in [0, 0.05) is 0 Å². The molecular weight excluding hydrogens is 410 g/mol. The van der Waals surface area contributed by atoms with Crippen LogP contribution in [-0.4, -0.2) is 32.4 Å². The normalized spacial score (nSPS) is 15.8. The maximum absolute atomic E-state index is 12.9. The summed E-state index contributed by atoms with van der Waals surface area (Å²) in [5.74, 6) is -3.02. The summed E-state index contributed by atoms with van der Waals surface area (Å²) in [6.07, 6.45) is 3.62. The van der Waals surface area contributed by atoms with Gasteiger partial charge in [-0.2, -0.15) is 0 Å². The molecule has 29 heavy (non-hydrogen) atoms. The van der Waals surface area contributed by atoms with Gasteiger partial charge in [-0.15, -0.1) is 0 Å². The van der Waals surface area contributed by atoms with Crippen LogP contribution in [0.2, 0.25) is 0 Å². The molecule has 1 fully saturated rings. The fourth-order valence-corrected chi connectivity index (χ4v) is 4.09. The highest BCUT2D eigenvalue weighted by Gasteiger charge is 2.34. The molecule has 0 unspecified atom stereocenters. The number of hydrogen-bond donors (Lipinski definition) is 2. The first-order valence-corrected chi connectivity index (χ1v) is 9.61. The molecule has 3 rings (SSSR count). The van der Waals surface area contributed by atoms with Crippen molar-refractivity contribution >= 4 is 57.9 Å². The fraction of sp³-hybridized carbons (Fsp3) is 0.0476. The fourth-order valence-electron chi connectivity index (χ4n) is 2.74. The van der Waals surface area contributed by atoms with Gasteiger partial charge >= 0.3 is 11.9 Å². The maximum atomic E-state index is 12.9. The molecule has 2 aromatic rings. The molecule has 0 aliphatic carbocycles. The molecule has 1 aliphatic heterocycles. The lowest BCUT2D eigenvalue weighted by Gasteiger charge is -2.16.